The van der Waals surface area contributed by atoms with Gasteiger partial charge >= 0.3 is 0 Å². The Morgan fingerprint density at radius 3 is 2.63 bits per heavy atom. The van der Waals surface area contributed by atoms with Gasteiger partial charge in [0.15, 0.2) is 5.13 Å². The van der Waals surface area contributed by atoms with Gasteiger partial charge in [0.25, 0.3) is 0 Å². The Labute approximate surface area is 191 Å². The number of nitrogens with zero attached hydrogens (tertiary/aromatic N) is 3. The number of fused-ring (bicyclic) bond motifs is 1. The van der Waals surface area contributed by atoms with E-state index in [4.69, 9.17) is 27.9 Å². The Balaban J connectivity index is 1.16. The maximum Gasteiger partial charge on any atom is 0.183 e. The van der Waals surface area contributed by atoms with Crippen LogP contribution in [0.25, 0.3) is 10.2 Å². The molecule has 8 heteroatoms. The molecule has 0 radical (unpaired) electrons. The molecule has 160 valence electrons. The first kappa shape index (κ1) is 21.5. The fourth-order valence-corrected chi connectivity index (χ4v) is 4.89. The third-order valence-corrected chi connectivity index (χ3v) is 7.13. The molecule has 1 N–H and O–H groups in total. The molecule has 30 heavy (non-hydrogen) atoms. The van der Waals surface area contributed by atoms with Gasteiger partial charge < -0.3 is 15.0 Å². The van der Waals surface area contributed by atoms with Crippen LogP contribution in [-0.4, -0.2) is 56.3 Å². The van der Waals surface area contributed by atoms with Crippen LogP contribution >= 0.6 is 34.5 Å². The SMILES string of the molecule is COc1ccc2nc(NCCCCN3CCN(c4ccc(Cl)c(Cl)c4)CC3)sc2c1. The van der Waals surface area contributed by atoms with Gasteiger partial charge in [-0.3, -0.25) is 4.90 Å². The molecule has 3 aromatic rings. The molecule has 0 bridgehead atoms. The number of aromatic nitrogens is 1. The number of nitrogens with one attached hydrogen (secondary N) is 1. The molecule has 1 aliphatic rings. The number of hydrogen-bond donors (Lipinski definition) is 1. The van der Waals surface area contributed by atoms with Crippen molar-refractivity contribution >= 4 is 55.6 Å². The van der Waals surface area contributed by atoms with Gasteiger partial charge in [-0.05, 0) is 55.8 Å². The Morgan fingerprint density at radius 2 is 1.87 bits per heavy atom. The minimum absolute atomic E-state index is 0.609. The zero-order valence-corrected chi connectivity index (χ0v) is 19.4. The molecule has 0 saturated carbocycles. The number of hydrogen-bond acceptors (Lipinski definition) is 6. The quantitative estimate of drug-likeness (QED) is 0.437. The van der Waals surface area contributed by atoms with E-state index in [-0.39, 0.29) is 0 Å². The third kappa shape index (κ3) is 5.30. The minimum atomic E-state index is 0.609. The number of benzene rings is 2. The lowest BCUT2D eigenvalue weighted by Crippen LogP contribution is -2.46. The first-order valence-corrected chi connectivity index (χ1v) is 11.8. The second-order valence-corrected chi connectivity index (χ2v) is 9.26. The Morgan fingerprint density at radius 1 is 1.03 bits per heavy atom. The van der Waals surface area contributed by atoms with Gasteiger partial charge in [-0.15, -0.1) is 0 Å². The van der Waals surface area contributed by atoms with Crippen LogP contribution in [0.2, 0.25) is 10.0 Å². The Kier molecular flexibility index (Phi) is 7.20. The highest BCUT2D eigenvalue weighted by Gasteiger charge is 2.17. The molecule has 4 rings (SSSR count). The zero-order chi connectivity index (χ0) is 20.9. The van der Waals surface area contributed by atoms with E-state index < -0.39 is 0 Å². The van der Waals surface area contributed by atoms with Gasteiger partial charge in [0.2, 0.25) is 0 Å². The molecule has 0 aliphatic carbocycles. The highest BCUT2D eigenvalue weighted by atomic mass is 35.5. The number of halogens is 2. The molecule has 2 heterocycles. The summed E-state index contributed by atoms with van der Waals surface area (Å²) in [5, 5.41) is 5.68. The van der Waals surface area contributed by atoms with Gasteiger partial charge in [-0.2, -0.15) is 0 Å². The lowest BCUT2D eigenvalue weighted by Gasteiger charge is -2.36. The number of piperazine rings is 1. The molecule has 1 fully saturated rings. The van der Waals surface area contributed by atoms with E-state index in [0.717, 1.165) is 72.5 Å². The fraction of sp³-hybridized carbons (Fsp3) is 0.409. The van der Waals surface area contributed by atoms with Crippen LogP contribution in [0.3, 0.4) is 0 Å². The second kappa shape index (κ2) is 10.1. The van der Waals surface area contributed by atoms with Crippen LogP contribution in [0.1, 0.15) is 12.8 Å². The van der Waals surface area contributed by atoms with Crippen LogP contribution in [0.5, 0.6) is 5.75 Å². The van der Waals surface area contributed by atoms with Gasteiger partial charge in [0.1, 0.15) is 5.75 Å². The molecule has 0 unspecified atom stereocenters. The largest absolute Gasteiger partial charge is 0.497 e. The normalized spacial score (nSPS) is 15.0. The average Bonchev–Trinajstić information content (AvgIpc) is 3.17. The van der Waals surface area contributed by atoms with Crippen LogP contribution in [0.15, 0.2) is 36.4 Å². The molecule has 0 spiro atoms. The van der Waals surface area contributed by atoms with Crippen molar-refractivity contribution in [3.05, 3.63) is 46.4 Å². The smallest absolute Gasteiger partial charge is 0.183 e. The number of ether oxygens (including phenoxy) is 1. The molecule has 0 amide bonds. The van der Waals surface area contributed by atoms with E-state index in [1.807, 2.05) is 36.4 Å². The zero-order valence-electron chi connectivity index (χ0n) is 17.0. The van der Waals surface area contributed by atoms with Crippen LogP contribution in [-0.2, 0) is 0 Å². The summed E-state index contributed by atoms with van der Waals surface area (Å²) < 4.78 is 6.43. The summed E-state index contributed by atoms with van der Waals surface area (Å²) in [6.07, 6.45) is 2.31. The van der Waals surface area contributed by atoms with Crippen molar-refractivity contribution in [2.45, 2.75) is 12.8 Å². The predicted octanol–water partition coefficient (Wildman–Crippen LogP) is 5.63. The van der Waals surface area contributed by atoms with Gasteiger partial charge in [-0.1, -0.05) is 34.5 Å². The molecule has 5 nitrogen and oxygen atoms in total. The Hall–Kier alpha value is -1.73. The van der Waals surface area contributed by atoms with E-state index in [0.29, 0.717) is 10.0 Å². The molecular formula is C22H26Cl2N4OS. The number of thiazole rings is 1. The first-order valence-electron chi connectivity index (χ1n) is 10.2. The molecule has 0 atom stereocenters. The lowest BCUT2D eigenvalue weighted by molar-refractivity contribution is 0.254. The summed E-state index contributed by atoms with van der Waals surface area (Å²) in [4.78, 5) is 9.56. The molecule has 2 aromatic carbocycles. The summed E-state index contributed by atoms with van der Waals surface area (Å²) in [6, 6.07) is 11.9. The molecule has 1 aromatic heterocycles. The standard InChI is InChI=1S/C22H26Cl2N4OS/c1-29-17-5-7-20-21(15-17)30-22(26-20)25-8-2-3-9-27-10-12-28(13-11-27)16-4-6-18(23)19(24)14-16/h4-7,14-15H,2-3,8-13H2,1H3,(H,25,26). The summed E-state index contributed by atoms with van der Waals surface area (Å²) in [6.45, 7) is 6.27. The van der Waals surface area contributed by atoms with E-state index in [1.54, 1.807) is 18.4 Å². The summed E-state index contributed by atoms with van der Waals surface area (Å²) in [5.74, 6) is 0.872. The van der Waals surface area contributed by atoms with Crippen molar-refractivity contribution in [1.82, 2.24) is 9.88 Å². The van der Waals surface area contributed by atoms with Crippen LogP contribution in [0, 0.1) is 0 Å². The maximum atomic E-state index is 6.16. The maximum absolute atomic E-state index is 6.16. The van der Waals surface area contributed by atoms with Crippen molar-refractivity contribution in [3.8, 4) is 5.75 Å². The lowest BCUT2D eigenvalue weighted by atomic mass is 10.2. The first-order chi connectivity index (χ1) is 14.6. The highest BCUT2D eigenvalue weighted by Crippen LogP contribution is 2.29. The van der Waals surface area contributed by atoms with E-state index in [1.165, 1.54) is 6.42 Å². The molecular weight excluding hydrogens is 439 g/mol. The van der Waals surface area contributed by atoms with Crippen molar-refractivity contribution in [3.63, 3.8) is 0 Å². The number of rotatable bonds is 8. The number of methoxy groups -OCH3 is 1. The predicted molar refractivity (Wildman–Crippen MR) is 129 cm³/mol. The molecule has 1 saturated heterocycles. The number of anilines is 2. The van der Waals surface area contributed by atoms with Crippen molar-refractivity contribution in [1.29, 1.82) is 0 Å². The van der Waals surface area contributed by atoms with Crippen LogP contribution in [0.4, 0.5) is 10.8 Å². The highest BCUT2D eigenvalue weighted by molar-refractivity contribution is 7.22. The topological polar surface area (TPSA) is 40.6 Å². The summed E-state index contributed by atoms with van der Waals surface area (Å²) in [7, 11) is 1.69. The second-order valence-electron chi connectivity index (χ2n) is 7.41. The monoisotopic (exact) mass is 464 g/mol. The fourth-order valence-electron chi connectivity index (χ4n) is 3.67. The molecule has 1 aliphatic heterocycles. The van der Waals surface area contributed by atoms with Gasteiger partial charge in [-0.25, -0.2) is 4.98 Å². The van der Waals surface area contributed by atoms with E-state index in [9.17, 15) is 0 Å². The summed E-state index contributed by atoms with van der Waals surface area (Å²) in [5.41, 5.74) is 2.17. The third-order valence-electron chi connectivity index (χ3n) is 5.41. The van der Waals surface area contributed by atoms with Crippen molar-refractivity contribution in [2.24, 2.45) is 0 Å². The number of unbranched alkanes of at least 4 members (excludes halogenated alkanes) is 1. The van der Waals surface area contributed by atoms with Crippen molar-refractivity contribution in [2.75, 3.05) is 56.6 Å². The minimum Gasteiger partial charge on any atom is -0.497 e. The average molecular weight is 465 g/mol. The van der Waals surface area contributed by atoms with Crippen LogP contribution < -0.4 is 15.0 Å². The van der Waals surface area contributed by atoms with Gasteiger partial charge in [0, 0.05) is 38.4 Å². The summed E-state index contributed by atoms with van der Waals surface area (Å²) >= 11 is 13.9. The van der Waals surface area contributed by atoms with E-state index >= 15 is 0 Å². The Bertz CT molecular complexity index is 988. The van der Waals surface area contributed by atoms with Crippen molar-refractivity contribution < 1.29 is 4.74 Å². The van der Waals surface area contributed by atoms with Gasteiger partial charge in [0.05, 0.1) is 27.4 Å². The van der Waals surface area contributed by atoms with E-state index in [2.05, 4.69) is 20.1 Å².